The summed E-state index contributed by atoms with van der Waals surface area (Å²) in [5.41, 5.74) is 3.78. The molecular weight excluding hydrogens is 392 g/mol. The molecule has 1 N–H and O–H groups in total. The Morgan fingerprint density at radius 3 is 2.10 bits per heavy atom. The van der Waals surface area contributed by atoms with Gasteiger partial charge in [0, 0.05) is 17.7 Å². The highest BCUT2D eigenvalue weighted by Crippen LogP contribution is 2.36. The van der Waals surface area contributed by atoms with E-state index in [9.17, 15) is 4.79 Å². The number of rotatable bonds is 7. The van der Waals surface area contributed by atoms with Crippen LogP contribution in [0.15, 0.2) is 101 Å². The Bertz CT molecular complexity index is 1040. The highest BCUT2D eigenvalue weighted by molar-refractivity contribution is 8.00. The van der Waals surface area contributed by atoms with Crippen molar-refractivity contribution in [1.82, 2.24) is 10.3 Å². The van der Waals surface area contributed by atoms with Crippen LogP contribution >= 0.6 is 11.8 Å². The predicted octanol–water partition coefficient (Wildman–Crippen LogP) is 5.81. The molecule has 1 aromatic heterocycles. The van der Waals surface area contributed by atoms with Crippen molar-refractivity contribution in [2.75, 3.05) is 0 Å². The predicted molar refractivity (Wildman–Crippen MR) is 121 cm³/mol. The fourth-order valence-electron chi connectivity index (χ4n) is 3.06. The number of aromatic nitrogens is 1. The molecule has 0 unspecified atom stereocenters. The van der Waals surface area contributed by atoms with Crippen molar-refractivity contribution in [3.8, 4) is 22.6 Å². The monoisotopic (exact) mass is 414 g/mol. The van der Waals surface area contributed by atoms with E-state index in [-0.39, 0.29) is 11.2 Å². The van der Waals surface area contributed by atoms with Gasteiger partial charge in [0.05, 0.1) is 5.25 Å². The molecule has 3 aromatic carbocycles. The number of benzene rings is 3. The lowest BCUT2D eigenvalue weighted by atomic mass is 10.1. The lowest BCUT2D eigenvalue weighted by Crippen LogP contribution is -2.30. The van der Waals surface area contributed by atoms with E-state index in [1.54, 1.807) is 0 Å². The molecule has 0 spiro atoms. The minimum atomic E-state index is -0.334. The molecule has 30 heavy (non-hydrogen) atoms. The summed E-state index contributed by atoms with van der Waals surface area (Å²) >= 11 is 1.32. The summed E-state index contributed by atoms with van der Waals surface area (Å²) < 4.78 is 6.11. The van der Waals surface area contributed by atoms with Crippen LogP contribution in [0.4, 0.5) is 0 Å². The van der Waals surface area contributed by atoms with Crippen LogP contribution in [-0.2, 0) is 11.3 Å². The molecule has 0 saturated carbocycles. The van der Waals surface area contributed by atoms with Crippen LogP contribution in [-0.4, -0.2) is 16.1 Å². The number of hydrogen-bond acceptors (Lipinski definition) is 4. The average molecular weight is 415 g/mol. The second-order valence-electron chi connectivity index (χ2n) is 6.85. The van der Waals surface area contributed by atoms with Gasteiger partial charge in [-0.3, -0.25) is 4.79 Å². The van der Waals surface area contributed by atoms with Gasteiger partial charge < -0.3 is 9.73 Å². The number of nitrogens with one attached hydrogen (secondary N) is 1. The maximum Gasteiger partial charge on any atom is 0.257 e. The zero-order chi connectivity index (χ0) is 20.8. The molecule has 0 fully saturated rings. The van der Waals surface area contributed by atoms with Gasteiger partial charge in [-0.05, 0) is 12.5 Å². The molecule has 4 rings (SSSR count). The third kappa shape index (κ3) is 4.81. The quantitative estimate of drug-likeness (QED) is 0.388. The highest BCUT2D eigenvalue weighted by atomic mass is 32.2. The van der Waals surface area contributed by atoms with E-state index < -0.39 is 0 Å². The summed E-state index contributed by atoms with van der Waals surface area (Å²) in [6.07, 6.45) is 0. The average Bonchev–Trinajstić information content (AvgIpc) is 3.23. The molecule has 0 aliphatic carbocycles. The van der Waals surface area contributed by atoms with E-state index in [1.807, 2.05) is 97.9 Å². The van der Waals surface area contributed by atoms with Crippen molar-refractivity contribution in [1.29, 1.82) is 0 Å². The van der Waals surface area contributed by atoms with Gasteiger partial charge in [0.1, 0.15) is 5.69 Å². The van der Waals surface area contributed by atoms with Gasteiger partial charge in [-0.15, -0.1) is 0 Å². The Kier molecular flexibility index (Phi) is 6.30. The molecule has 4 aromatic rings. The fraction of sp³-hybridized carbons (Fsp3) is 0.120. The van der Waals surface area contributed by atoms with Crippen molar-refractivity contribution in [3.63, 3.8) is 0 Å². The summed E-state index contributed by atoms with van der Waals surface area (Å²) in [7, 11) is 0. The Morgan fingerprint density at radius 1 is 0.900 bits per heavy atom. The maximum atomic E-state index is 12.6. The first-order valence-corrected chi connectivity index (χ1v) is 10.7. The molecule has 5 heteroatoms. The summed E-state index contributed by atoms with van der Waals surface area (Å²) in [6, 6.07) is 29.7. The van der Waals surface area contributed by atoms with Crippen LogP contribution in [0, 0.1) is 0 Å². The van der Waals surface area contributed by atoms with Gasteiger partial charge in [-0.2, -0.15) is 0 Å². The second-order valence-corrected chi connectivity index (χ2v) is 8.15. The molecular formula is C25H22N2O2S. The van der Waals surface area contributed by atoms with Crippen LogP contribution in [0.3, 0.4) is 0 Å². The fourth-order valence-corrected chi connectivity index (χ4v) is 3.83. The molecule has 0 bridgehead atoms. The summed E-state index contributed by atoms with van der Waals surface area (Å²) in [6.45, 7) is 2.36. The van der Waals surface area contributed by atoms with Crippen LogP contribution in [0.1, 0.15) is 12.5 Å². The minimum absolute atomic E-state index is 0.0513. The lowest BCUT2D eigenvalue weighted by molar-refractivity contribution is -0.120. The van der Waals surface area contributed by atoms with Crippen molar-refractivity contribution >= 4 is 17.7 Å². The molecule has 1 amide bonds. The van der Waals surface area contributed by atoms with E-state index in [2.05, 4.69) is 5.32 Å². The minimum Gasteiger partial charge on any atom is -0.431 e. The lowest BCUT2D eigenvalue weighted by Gasteiger charge is -2.10. The molecule has 1 heterocycles. The third-order valence-corrected chi connectivity index (χ3v) is 5.59. The van der Waals surface area contributed by atoms with Gasteiger partial charge in [0.15, 0.2) is 5.76 Å². The summed E-state index contributed by atoms with van der Waals surface area (Å²) in [4.78, 5) is 17.3. The Hall–Kier alpha value is -3.31. The SMILES string of the molecule is C[C@H](Sc1nc(-c2ccccc2)c(-c2ccccc2)o1)C(=O)NCc1ccccc1. The zero-order valence-corrected chi connectivity index (χ0v) is 17.4. The van der Waals surface area contributed by atoms with Crippen molar-refractivity contribution < 1.29 is 9.21 Å². The van der Waals surface area contributed by atoms with E-state index in [1.165, 1.54) is 11.8 Å². The molecule has 0 radical (unpaired) electrons. The number of carbonyl (C=O) groups excluding carboxylic acids is 1. The number of carbonyl (C=O) groups is 1. The molecule has 0 aliphatic rings. The standard InChI is InChI=1S/C25H22N2O2S/c1-18(24(28)26-17-19-11-5-2-6-12-19)30-25-27-22(20-13-7-3-8-14-20)23(29-25)21-15-9-4-10-16-21/h2-16,18H,17H2,1H3,(H,26,28)/t18-/m0/s1. The van der Waals surface area contributed by atoms with Crippen LogP contribution in [0.5, 0.6) is 0 Å². The van der Waals surface area contributed by atoms with Crippen LogP contribution in [0.25, 0.3) is 22.6 Å². The first kappa shape index (κ1) is 20.0. The third-order valence-electron chi connectivity index (χ3n) is 4.65. The Morgan fingerprint density at radius 2 is 1.47 bits per heavy atom. The Labute approximate surface area is 180 Å². The number of amides is 1. The van der Waals surface area contributed by atoms with Gasteiger partial charge in [0.2, 0.25) is 5.91 Å². The van der Waals surface area contributed by atoms with Gasteiger partial charge in [-0.25, -0.2) is 4.98 Å². The van der Waals surface area contributed by atoms with Crippen molar-refractivity contribution in [2.24, 2.45) is 0 Å². The number of hydrogen-bond donors (Lipinski definition) is 1. The van der Waals surface area contributed by atoms with Crippen LogP contribution in [0.2, 0.25) is 0 Å². The highest BCUT2D eigenvalue weighted by Gasteiger charge is 2.21. The molecule has 0 aliphatic heterocycles. The van der Waals surface area contributed by atoms with E-state index >= 15 is 0 Å². The maximum absolute atomic E-state index is 12.6. The van der Waals surface area contributed by atoms with Crippen molar-refractivity contribution in [2.45, 2.75) is 23.9 Å². The molecule has 0 saturated heterocycles. The van der Waals surface area contributed by atoms with Gasteiger partial charge >= 0.3 is 0 Å². The van der Waals surface area contributed by atoms with Crippen LogP contribution < -0.4 is 5.32 Å². The largest absolute Gasteiger partial charge is 0.431 e. The molecule has 150 valence electrons. The zero-order valence-electron chi connectivity index (χ0n) is 16.6. The second kappa shape index (κ2) is 9.46. The van der Waals surface area contributed by atoms with Gasteiger partial charge in [-0.1, -0.05) is 103 Å². The molecule has 1 atom stereocenters. The van der Waals surface area contributed by atoms with E-state index in [0.29, 0.717) is 17.5 Å². The van der Waals surface area contributed by atoms with E-state index in [0.717, 1.165) is 22.4 Å². The van der Waals surface area contributed by atoms with Crippen molar-refractivity contribution in [3.05, 3.63) is 96.6 Å². The smallest absolute Gasteiger partial charge is 0.257 e. The molecule has 4 nitrogen and oxygen atoms in total. The number of thioether (sulfide) groups is 1. The first-order valence-electron chi connectivity index (χ1n) is 9.80. The van der Waals surface area contributed by atoms with Gasteiger partial charge in [0.25, 0.3) is 5.22 Å². The first-order chi connectivity index (χ1) is 14.7. The van der Waals surface area contributed by atoms with E-state index in [4.69, 9.17) is 9.40 Å². The summed E-state index contributed by atoms with van der Waals surface area (Å²) in [5, 5.41) is 3.12. The number of nitrogens with zero attached hydrogens (tertiary/aromatic N) is 1. The number of oxazole rings is 1. The Balaban J connectivity index is 1.52. The topological polar surface area (TPSA) is 55.1 Å². The normalized spacial score (nSPS) is 11.8. The summed E-state index contributed by atoms with van der Waals surface area (Å²) in [5.74, 6) is 0.658.